The van der Waals surface area contributed by atoms with Gasteiger partial charge in [-0.25, -0.2) is 0 Å². The Morgan fingerprint density at radius 3 is 3.06 bits per heavy atom. The highest BCUT2D eigenvalue weighted by atomic mass is 127. The monoisotopic (exact) mass is 329 g/mol. The second-order valence-corrected chi connectivity index (χ2v) is 5.21. The van der Waals surface area contributed by atoms with E-state index in [1.54, 1.807) is 0 Å². The lowest BCUT2D eigenvalue weighted by molar-refractivity contribution is 0.135. The van der Waals surface area contributed by atoms with Crippen LogP contribution in [0.2, 0.25) is 0 Å². The van der Waals surface area contributed by atoms with Crippen LogP contribution in [0.25, 0.3) is 0 Å². The Labute approximate surface area is 110 Å². The molecule has 0 radical (unpaired) electrons. The summed E-state index contributed by atoms with van der Waals surface area (Å²) >= 11 is 2.36. The quantitative estimate of drug-likeness (QED) is 0.854. The number of anilines is 1. The molecule has 2 rings (SSSR count). The molecule has 1 aliphatic rings. The van der Waals surface area contributed by atoms with Gasteiger partial charge in [-0.15, -0.1) is 0 Å². The minimum absolute atomic E-state index is 0.309. The van der Waals surface area contributed by atoms with E-state index < -0.39 is 0 Å². The van der Waals surface area contributed by atoms with Gasteiger partial charge in [0.2, 0.25) is 0 Å². The normalized spacial score (nSPS) is 19.2. The molecule has 0 saturated heterocycles. The van der Waals surface area contributed by atoms with Crippen LogP contribution >= 0.6 is 22.6 Å². The van der Waals surface area contributed by atoms with Crippen LogP contribution in [0.15, 0.2) is 30.5 Å². The van der Waals surface area contributed by atoms with E-state index in [1.807, 2.05) is 6.26 Å². The van der Waals surface area contributed by atoms with Crippen molar-refractivity contribution in [2.45, 2.75) is 25.9 Å². The summed E-state index contributed by atoms with van der Waals surface area (Å²) in [7, 11) is 0. The van der Waals surface area contributed by atoms with Gasteiger partial charge in [0.1, 0.15) is 6.10 Å². The van der Waals surface area contributed by atoms with Crippen LogP contribution in [0.4, 0.5) is 5.69 Å². The van der Waals surface area contributed by atoms with Gasteiger partial charge in [-0.2, -0.15) is 0 Å². The van der Waals surface area contributed by atoms with Crippen molar-refractivity contribution in [2.24, 2.45) is 0 Å². The van der Waals surface area contributed by atoms with Gasteiger partial charge < -0.3 is 10.1 Å². The molecule has 1 unspecified atom stereocenters. The van der Waals surface area contributed by atoms with Crippen molar-refractivity contribution in [3.63, 3.8) is 0 Å². The Bertz CT molecular complexity index is 390. The third-order valence-corrected chi connectivity index (χ3v) is 3.89. The van der Waals surface area contributed by atoms with Gasteiger partial charge in [0, 0.05) is 9.26 Å². The summed E-state index contributed by atoms with van der Waals surface area (Å²) in [6.07, 6.45) is 6.42. The molecule has 1 aromatic rings. The third kappa shape index (κ3) is 3.14. The van der Waals surface area contributed by atoms with Crippen LogP contribution in [-0.4, -0.2) is 12.6 Å². The molecular formula is C13H16INO. The molecule has 0 amide bonds. The van der Waals surface area contributed by atoms with E-state index in [1.165, 1.54) is 14.8 Å². The number of allylic oxidation sites excluding steroid dienone is 1. The van der Waals surface area contributed by atoms with Crippen molar-refractivity contribution >= 4 is 28.3 Å². The number of hydrogen-bond donors (Lipinski definition) is 1. The Morgan fingerprint density at radius 2 is 2.38 bits per heavy atom. The lowest BCUT2D eigenvalue weighted by Gasteiger charge is -2.20. The maximum atomic E-state index is 5.51. The molecule has 0 spiro atoms. The van der Waals surface area contributed by atoms with Gasteiger partial charge in [0.15, 0.2) is 0 Å². The molecule has 1 heterocycles. The predicted molar refractivity (Wildman–Crippen MR) is 75.6 cm³/mol. The van der Waals surface area contributed by atoms with Crippen molar-refractivity contribution in [3.05, 3.63) is 39.7 Å². The zero-order valence-corrected chi connectivity index (χ0v) is 11.5. The van der Waals surface area contributed by atoms with Crippen molar-refractivity contribution in [1.82, 2.24) is 0 Å². The van der Waals surface area contributed by atoms with E-state index in [0.717, 1.165) is 19.4 Å². The first kappa shape index (κ1) is 11.8. The fourth-order valence-electron chi connectivity index (χ4n) is 1.67. The molecule has 16 heavy (non-hydrogen) atoms. The van der Waals surface area contributed by atoms with E-state index in [9.17, 15) is 0 Å². The molecule has 1 aromatic carbocycles. The highest BCUT2D eigenvalue weighted by Gasteiger charge is 2.10. The van der Waals surface area contributed by atoms with Gasteiger partial charge in [-0.05, 0) is 66.1 Å². The van der Waals surface area contributed by atoms with Crippen LogP contribution in [0.3, 0.4) is 0 Å². The SMILES string of the molecule is Cc1ccc(NCC2CCC=CO2)cc1I. The first-order valence-corrected chi connectivity index (χ1v) is 6.64. The van der Waals surface area contributed by atoms with E-state index >= 15 is 0 Å². The van der Waals surface area contributed by atoms with Gasteiger partial charge in [-0.1, -0.05) is 6.07 Å². The number of benzene rings is 1. The molecular weight excluding hydrogens is 313 g/mol. The fourth-order valence-corrected chi connectivity index (χ4v) is 2.18. The first-order valence-electron chi connectivity index (χ1n) is 5.56. The van der Waals surface area contributed by atoms with Gasteiger partial charge in [0.25, 0.3) is 0 Å². The van der Waals surface area contributed by atoms with Gasteiger partial charge in [0.05, 0.1) is 12.8 Å². The fraction of sp³-hybridized carbons (Fsp3) is 0.385. The van der Waals surface area contributed by atoms with E-state index in [0.29, 0.717) is 6.10 Å². The zero-order valence-electron chi connectivity index (χ0n) is 9.37. The van der Waals surface area contributed by atoms with Crippen molar-refractivity contribution < 1.29 is 4.74 Å². The maximum absolute atomic E-state index is 5.51. The van der Waals surface area contributed by atoms with Crippen LogP contribution in [-0.2, 0) is 4.74 Å². The third-order valence-electron chi connectivity index (χ3n) is 2.73. The van der Waals surface area contributed by atoms with Gasteiger partial charge >= 0.3 is 0 Å². The average molecular weight is 329 g/mol. The number of rotatable bonds is 3. The molecule has 1 atom stereocenters. The summed E-state index contributed by atoms with van der Waals surface area (Å²) in [5.41, 5.74) is 2.50. The standard InChI is InChI=1S/C13H16INO/c1-10-5-6-11(8-13(10)14)15-9-12-4-2-3-7-16-12/h3,5-8,12,15H,2,4,9H2,1H3. The maximum Gasteiger partial charge on any atom is 0.115 e. The lowest BCUT2D eigenvalue weighted by atomic mass is 10.1. The second-order valence-electron chi connectivity index (χ2n) is 4.05. The van der Waals surface area contributed by atoms with Gasteiger partial charge in [-0.3, -0.25) is 0 Å². The van der Waals surface area contributed by atoms with Crippen LogP contribution < -0.4 is 5.32 Å². The first-order chi connectivity index (χ1) is 7.75. The minimum Gasteiger partial charge on any atom is -0.497 e. The number of nitrogens with one attached hydrogen (secondary N) is 1. The summed E-state index contributed by atoms with van der Waals surface area (Å²) in [6, 6.07) is 6.44. The Balaban J connectivity index is 1.89. The summed E-state index contributed by atoms with van der Waals surface area (Å²) in [4.78, 5) is 0. The van der Waals surface area contributed by atoms with E-state index in [-0.39, 0.29) is 0 Å². The van der Waals surface area contributed by atoms with Crippen molar-refractivity contribution in [1.29, 1.82) is 0 Å². The molecule has 1 aliphatic heterocycles. The largest absolute Gasteiger partial charge is 0.497 e. The molecule has 0 bridgehead atoms. The number of halogens is 1. The highest BCUT2D eigenvalue weighted by molar-refractivity contribution is 14.1. The van der Waals surface area contributed by atoms with E-state index in [2.05, 4.69) is 59.1 Å². The number of aryl methyl sites for hydroxylation is 1. The molecule has 3 heteroatoms. The second kappa shape index (κ2) is 5.57. The van der Waals surface area contributed by atoms with Crippen LogP contribution in [0.5, 0.6) is 0 Å². The predicted octanol–water partition coefficient (Wildman–Crippen LogP) is 3.70. The summed E-state index contributed by atoms with van der Waals surface area (Å²) in [6.45, 7) is 3.00. The molecule has 0 saturated carbocycles. The minimum atomic E-state index is 0.309. The molecule has 0 fully saturated rings. The topological polar surface area (TPSA) is 21.3 Å². The van der Waals surface area contributed by atoms with E-state index in [4.69, 9.17) is 4.74 Å². The molecule has 0 aliphatic carbocycles. The van der Waals surface area contributed by atoms with Crippen molar-refractivity contribution in [3.8, 4) is 0 Å². The van der Waals surface area contributed by atoms with Crippen LogP contribution in [0.1, 0.15) is 18.4 Å². The molecule has 2 nitrogen and oxygen atoms in total. The smallest absolute Gasteiger partial charge is 0.115 e. The summed E-state index contributed by atoms with van der Waals surface area (Å²) in [5, 5.41) is 3.42. The highest BCUT2D eigenvalue weighted by Crippen LogP contribution is 2.18. The van der Waals surface area contributed by atoms with Crippen LogP contribution in [0, 0.1) is 10.5 Å². The Hall–Kier alpha value is -0.710. The summed E-state index contributed by atoms with van der Waals surface area (Å²) in [5.74, 6) is 0. The Kier molecular flexibility index (Phi) is 4.09. The van der Waals surface area contributed by atoms with Crippen molar-refractivity contribution in [2.75, 3.05) is 11.9 Å². The Morgan fingerprint density at radius 1 is 1.50 bits per heavy atom. The molecule has 0 aromatic heterocycles. The number of hydrogen-bond acceptors (Lipinski definition) is 2. The average Bonchev–Trinajstić information content (AvgIpc) is 2.32. The number of ether oxygens (including phenoxy) is 1. The lowest BCUT2D eigenvalue weighted by Crippen LogP contribution is -2.22. The molecule has 86 valence electrons. The zero-order chi connectivity index (χ0) is 11.4. The molecule has 1 N–H and O–H groups in total. The summed E-state index contributed by atoms with van der Waals surface area (Å²) < 4.78 is 6.81.